The number of amides is 1. The van der Waals surface area contributed by atoms with Crippen molar-refractivity contribution in [2.24, 2.45) is 5.92 Å². The first-order chi connectivity index (χ1) is 10.6. The number of carbonyl (C=O) groups excluding carboxylic acids is 1. The van der Waals surface area contributed by atoms with E-state index in [1.807, 2.05) is 36.1 Å². The molecule has 1 aliphatic rings. The maximum atomic E-state index is 11.9. The van der Waals surface area contributed by atoms with Gasteiger partial charge in [0.05, 0.1) is 19.1 Å². The van der Waals surface area contributed by atoms with E-state index < -0.39 is 5.97 Å². The highest BCUT2D eigenvalue weighted by Crippen LogP contribution is 2.16. The molecule has 1 aliphatic heterocycles. The minimum absolute atomic E-state index is 0.0900. The Morgan fingerprint density at radius 2 is 2.27 bits per heavy atom. The molecule has 0 radical (unpaired) electrons. The number of carbonyl (C=O) groups is 2. The summed E-state index contributed by atoms with van der Waals surface area (Å²) in [6.45, 7) is 4.32. The highest BCUT2D eigenvalue weighted by Gasteiger charge is 2.28. The van der Waals surface area contributed by atoms with Gasteiger partial charge in [-0.05, 0) is 37.6 Å². The van der Waals surface area contributed by atoms with Crippen LogP contribution in [0.4, 0.5) is 0 Å². The van der Waals surface area contributed by atoms with Crippen molar-refractivity contribution in [1.29, 1.82) is 0 Å². The Balaban J connectivity index is 1.76. The van der Waals surface area contributed by atoms with Crippen molar-refractivity contribution < 1.29 is 19.4 Å². The third-order valence-corrected chi connectivity index (χ3v) is 3.69. The Morgan fingerprint density at radius 3 is 2.95 bits per heavy atom. The molecule has 1 aromatic carbocycles. The van der Waals surface area contributed by atoms with Crippen LogP contribution in [0.25, 0.3) is 0 Å². The Labute approximate surface area is 130 Å². The van der Waals surface area contributed by atoms with E-state index >= 15 is 0 Å². The minimum atomic E-state index is -0.782. The van der Waals surface area contributed by atoms with Gasteiger partial charge in [0.25, 0.3) is 0 Å². The highest BCUT2D eigenvalue weighted by molar-refractivity contribution is 5.78. The largest absolute Gasteiger partial charge is 0.494 e. The minimum Gasteiger partial charge on any atom is -0.494 e. The predicted molar refractivity (Wildman–Crippen MR) is 81.6 cm³/mol. The van der Waals surface area contributed by atoms with Crippen LogP contribution in [-0.4, -0.2) is 48.1 Å². The van der Waals surface area contributed by atoms with Crippen LogP contribution in [0.3, 0.4) is 0 Å². The van der Waals surface area contributed by atoms with Crippen molar-refractivity contribution >= 4 is 11.9 Å². The SMILES string of the molecule is CCOc1cccc(CNC(=O)CN2CCC(C(=O)O)C2)c1. The summed E-state index contributed by atoms with van der Waals surface area (Å²) in [5.74, 6) is -0.433. The Kier molecular flexibility index (Phi) is 5.77. The van der Waals surface area contributed by atoms with Crippen LogP contribution in [0.5, 0.6) is 5.75 Å². The summed E-state index contributed by atoms with van der Waals surface area (Å²) < 4.78 is 5.42. The number of carboxylic acids is 1. The van der Waals surface area contributed by atoms with Crippen LogP contribution in [0.15, 0.2) is 24.3 Å². The van der Waals surface area contributed by atoms with E-state index in [4.69, 9.17) is 9.84 Å². The van der Waals surface area contributed by atoms with Gasteiger partial charge in [-0.3, -0.25) is 14.5 Å². The first-order valence-electron chi connectivity index (χ1n) is 7.52. The number of hydrogen-bond acceptors (Lipinski definition) is 4. The van der Waals surface area contributed by atoms with E-state index in [0.29, 0.717) is 32.7 Å². The number of aliphatic carboxylic acids is 1. The monoisotopic (exact) mass is 306 g/mol. The second-order valence-electron chi connectivity index (χ2n) is 5.42. The van der Waals surface area contributed by atoms with E-state index in [1.54, 1.807) is 0 Å². The number of nitrogens with zero attached hydrogens (tertiary/aromatic N) is 1. The first kappa shape index (κ1) is 16.3. The Bertz CT molecular complexity index is 533. The van der Waals surface area contributed by atoms with E-state index in [0.717, 1.165) is 11.3 Å². The molecule has 1 aromatic rings. The summed E-state index contributed by atoms with van der Waals surface area (Å²) in [6.07, 6.45) is 0.610. The lowest BCUT2D eigenvalue weighted by molar-refractivity contribution is -0.141. The molecule has 0 aliphatic carbocycles. The molecule has 2 rings (SSSR count). The number of nitrogens with one attached hydrogen (secondary N) is 1. The molecule has 2 N–H and O–H groups in total. The molecule has 1 saturated heterocycles. The Hall–Kier alpha value is -2.08. The van der Waals surface area contributed by atoms with Crippen molar-refractivity contribution in [3.63, 3.8) is 0 Å². The lowest BCUT2D eigenvalue weighted by atomic mass is 10.1. The molecule has 22 heavy (non-hydrogen) atoms. The van der Waals surface area contributed by atoms with Gasteiger partial charge < -0.3 is 15.2 Å². The van der Waals surface area contributed by atoms with Gasteiger partial charge in [0.2, 0.25) is 5.91 Å². The maximum Gasteiger partial charge on any atom is 0.307 e. The third-order valence-electron chi connectivity index (χ3n) is 3.69. The molecule has 0 saturated carbocycles. The molecule has 0 bridgehead atoms. The summed E-state index contributed by atoms with van der Waals surface area (Å²) in [7, 11) is 0. The second kappa shape index (κ2) is 7.79. The molecule has 1 unspecified atom stereocenters. The van der Waals surface area contributed by atoms with Crippen LogP contribution >= 0.6 is 0 Å². The zero-order valence-electron chi connectivity index (χ0n) is 12.7. The molecule has 0 spiro atoms. The van der Waals surface area contributed by atoms with Crippen LogP contribution < -0.4 is 10.1 Å². The van der Waals surface area contributed by atoms with Crippen LogP contribution in [0.1, 0.15) is 18.9 Å². The number of hydrogen-bond donors (Lipinski definition) is 2. The smallest absolute Gasteiger partial charge is 0.307 e. The fraction of sp³-hybridized carbons (Fsp3) is 0.500. The van der Waals surface area contributed by atoms with Gasteiger partial charge in [-0.1, -0.05) is 12.1 Å². The molecule has 1 heterocycles. The fourth-order valence-corrected chi connectivity index (χ4v) is 2.55. The zero-order valence-corrected chi connectivity index (χ0v) is 12.7. The van der Waals surface area contributed by atoms with Gasteiger partial charge in [-0.2, -0.15) is 0 Å². The molecule has 1 fully saturated rings. The fourth-order valence-electron chi connectivity index (χ4n) is 2.55. The lowest BCUT2D eigenvalue weighted by Crippen LogP contribution is -2.36. The van der Waals surface area contributed by atoms with E-state index in [-0.39, 0.29) is 18.4 Å². The van der Waals surface area contributed by atoms with Crippen molar-refractivity contribution in [2.45, 2.75) is 19.9 Å². The van der Waals surface area contributed by atoms with Gasteiger partial charge in [0.15, 0.2) is 0 Å². The van der Waals surface area contributed by atoms with Crippen molar-refractivity contribution in [3.05, 3.63) is 29.8 Å². The highest BCUT2D eigenvalue weighted by atomic mass is 16.5. The van der Waals surface area contributed by atoms with Crippen molar-refractivity contribution in [1.82, 2.24) is 10.2 Å². The molecule has 6 heteroatoms. The van der Waals surface area contributed by atoms with Crippen LogP contribution in [-0.2, 0) is 16.1 Å². The molecular weight excluding hydrogens is 284 g/mol. The van der Waals surface area contributed by atoms with Gasteiger partial charge in [0, 0.05) is 13.1 Å². The predicted octanol–water partition coefficient (Wildman–Crippen LogP) is 1.11. The molecule has 120 valence electrons. The quantitative estimate of drug-likeness (QED) is 0.789. The maximum absolute atomic E-state index is 11.9. The van der Waals surface area contributed by atoms with Crippen LogP contribution in [0.2, 0.25) is 0 Å². The number of carboxylic acid groups (broad SMARTS) is 1. The third kappa shape index (κ3) is 4.73. The summed E-state index contributed by atoms with van der Waals surface area (Å²) in [5.41, 5.74) is 0.976. The molecular formula is C16H22N2O4. The molecule has 6 nitrogen and oxygen atoms in total. The average molecular weight is 306 g/mol. The molecule has 1 amide bonds. The number of rotatable bonds is 7. The normalized spacial score (nSPS) is 18.1. The Morgan fingerprint density at radius 1 is 1.45 bits per heavy atom. The number of benzene rings is 1. The van der Waals surface area contributed by atoms with Crippen molar-refractivity contribution in [3.8, 4) is 5.75 Å². The molecule has 0 aromatic heterocycles. The lowest BCUT2D eigenvalue weighted by Gasteiger charge is -2.15. The number of likely N-dealkylation sites (tertiary alicyclic amines) is 1. The second-order valence-corrected chi connectivity index (χ2v) is 5.42. The van der Waals surface area contributed by atoms with Gasteiger partial charge in [0.1, 0.15) is 5.75 Å². The van der Waals surface area contributed by atoms with Gasteiger partial charge >= 0.3 is 5.97 Å². The van der Waals surface area contributed by atoms with Gasteiger partial charge in [-0.15, -0.1) is 0 Å². The van der Waals surface area contributed by atoms with E-state index in [2.05, 4.69) is 5.32 Å². The summed E-state index contributed by atoms with van der Waals surface area (Å²) in [6, 6.07) is 7.61. The standard InChI is InChI=1S/C16H22N2O4/c1-2-22-14-5-3-4-12(8-14)9-17-15(19)11-18-7-6-13(10-18)16(20)21/h3-5,8,13H,2,6-7,9-11H2,1H3,(H,17,19)(H,20,21). The summed E-state index contributed by atoms with van der Waals surface area (Å²) in [4.78, 5) is 24.7. The van der Waals surface area contributed by atoms with E-state index in [1.165, 1.54) is 0 Å². The van der Waals surface area contributed by atoms with Gasteiger partial charge in [-0.25, -0.2) is 0 Å². The average Bonchev–Trinajstić information content (AvgIpc) is 2.95. The zero-order chi connectivity index (χ0) is 15.9. The first-order valence-corrected chi connectivity index (χ1v) is 7.52. The van der Waals surface area contributed by atoms with Crippen LogP contribution in [0, 0.1) is 5.92 Å². The topological polar surface area (TPSA) is 78.9 Å². The summed E-state index contributed by atoms with van der Waals surface area (Å²) in [5, 5.41) is 11.8. The number of ether oxygens (including phenoxy) is 1. The summed E-state index contributed by atoms with van der Waals surface area (Å²) >= 11 is 0. The molecule has 1 atom stereocenters. The van der Waals surface area contributed by atoms with Crippen molar-refractivity contribution in [2.75, 3.05) is 26.2 Å². The van der Waals surface area contributed by atoms with E-state index in [9.17, 15) is 9.59 Å².